The lowest BCUT2D eigenvalue weighted by Gasteiger charge is -2.05. The van der Waals surface area contributed by atoms with E-state index < -0.39 is 0 Å². The van der Waals surface area contributed by atoms with Crippen molar-refractivity contribution in [2.24, 2.45) is 0 Å². The van der Waals surface area contributed by atoms with Crippen molar-refractivity contribution in [3.63, 3.8) is 0 Å². The van der Waals surface area contributed by atoms with Crippen LogP contribution in [0.15, 0.2) is 22.3 Å². The zero-order chi connectivity index (χ0) is 10.4. The van der Waals surface area contributed by atoms with Crippen molar-refractivity contribution in [1.29, 1.82) is 0 Å². The molecule has 0 aliphatic heterocycles. The van der Waals surface area contributed by atoms with Crippen molar-refractivity contribution in [3.05, 3.63) is 22.3 Å². The van der Waals surface area contributed by atoms with Gasteiger partial charge in [0.25, 0.3) is 0 Å². The number of carbonyl (C=O) groups is 1. The summed E-state index contributed by atoms with van der Waals surface area (Å²) in [5.74, 6) is 0. The predicted molar refractivity (Wildman–Crippen MR) is 57.7 cm³/mol. The van der Waals surface area contributed by atoms with Gasteiger partial charge >= 0.3 is 0 Å². The van der Waals surface area contributed by atoms with Crippen LogP contribution in [0.25, 0.3) is 0 Å². The van der Waals surface area contributed by atoms with Crippen molar-refractivity contribution in [3.8, 4) is 0 Å². The molecule has 0 aromatic heterocycles. The first-order valence-electron chi connectivity index (χ1n) is 4.73. The van der Waals surface area contributed by atoms with Crippen LogP contribution in [0.2, 0.25) is 0 Å². The average Bonchev–Trinajstić information content (AvgIpc) is 2.11. The standard InChI is InChI=1S/C12H20O/c1-9(2)10(3)6-7-11(4)12(5)8-13/h8H,6-7H2,1-5H3/b12-11-. The van der Waals surface area contributed by atoms with E-state index in [-0.39, 0.29) is 0 Å². The maximum absolute atomic E-state index is 10.5. The number of hydrogen-bond donors (Lipinski definition) is 0. The van der Waals surface area contributed by atoms with Crippen LogP contribution in [0.4, 0.5) is 0 Å². The summed E-state index contributed by atoms with van der Waals surface area (Å²) in [6, 6.07) is 0. The Morgan fingerprint density at radius 3 is 1.77 bits per heavy atom. The predicted octanol–water partition coefficient (Wildman–Crippen LogP) is 3.66. The van der Waals surface area contributed by atoms with E-state index in [2.05, 4.69) is 20.8 Å². The van der Waals surface area contributed by atoms with E-state index in [1.54, 1.807) is 0 Å². The minimum atomic E-state index is 0.876. The van der Waals surface area contributed by atoms with Gasteiger partial charge in [-0.25, -0.2) is 0 Å². The Labute approximate surface area is 81.5 Å². The second-order valence-electron chi connectivity index (χ2n) is 3.86. The van der Waals surface area contributed by atoms with E-state index in [0.29, 0.717) is 0 Å². The minimum absolute atomic E-state index is 0.876. The molecule has 0 fully saturated rings. The van der Waals surface area contributed by atoms with Crippen molar-refractivity contribution in [1.82, 2.24) is 0 Å². The fourth-order valence-electron chi connectivity index (χ4n) is 0.923. The zero-order valence-corrected chi connectivity index (χ0v) is 9.40. The molecule has 0 unspecified atom stereocenters. The summed E-state index contributed by atoms with van der Waals surface area (Å²) in [7, 11) is 0. The Balaban J connectivity index is 4.20. The third kappa shape index (κ3) is 4.66. The van der Waals surface area contributed by atoms with Gasteiger partial charge in [0, 0.05) is 0 Å². The smallest absolute Gasteiger partial charge is 0.145 e. The van der Waals surface area contributed by atoms with E-state index in [0.717, 1.165) is 24.7 Å². The molecule has 0 spiro atoms. The van der Waals surface area contributed by atoms with Crippen molar-refractivity contribution >= 4 is 6.29 Å². The molecule has 0 saturated carbocycles. The lowest BCUT2D eigenvalue weighted by atomic mass is 10.0. The maximum atomic E-state index is 10.5. The molecule has 13 heavy (non-hydrogen) atoms. The lowest BCUT2D eigenvalue weighted by Crippen LogP contribution is -1.88. The molecule has 1 heteroatoms. The number of allylic oxidation sites excluding steroid dienone is 4. The molecular weight excluding hydrogens is 160 g/mol. The molecule has 0 saturated heterocycles. The highest BCUT2D eigenvalue weighted by atomic mass is 16.1. The Kier molecular flexibility index (Phi) is 5.36. The van der Waals surface area contributed by atoms with Crippen LogP contribution in [-0.2, 0) is 4.79 Å². The van der Waals surface area contributed by atoms with E-state index in [1.165, 1.54) is 16.7 Å². The summed E-state index contributed by atoms with van der Waals surface area (Å²) in [5, 5.41) is 0. The van der Waals surface area contributed by atoms with Gasteiger partial charge in [-0.1, -0.05) is 16.7 Å². The Morgan fingerprint density at radius 2 is 1.38 bits per heavy atom. The highest BCUT2D eigenvalue weighted by Crippen LogP contribution is 2.15. The number of carbonyl (C=O) groups excluding carboxylic acids is 1. The molecule has 0 aromatic carbocycles. The third-order valence-electron chi connectivity index (χ3n) is 2.58. The van der Waals surface area contributed by atoms with Gasteiger partial charge in [-0.15, -0.1) is 0 Å². The van der Waals surface area contributed by atoms with Gasteiger partial charge in [0.05, 0.1) is 0 Å². The van der Waals surface area contributed by atoms with Crippen LogP contribution in [-0.4, -0.2) is 6.29 Å². The minimum Gasteiger partial charge on any atom is -0.298 e. The number of hydrogen-bond acceptors (Lipinski definition) is 1. The van der Waals surface area contributed by atoms with E-state index in [1.807, 2.05) is 13.8 Å². The first-order valence-corrected chi connectivity index (χ1v) is 4.73. The molecule has 74 valence electrons. The summed E-state index contributed by atoms with van der Waals surface area (Å²) in [6.07, 6.45) is 3.01. The largest absolute Gasteiger partial charge is 0.298 e. The molecular formula is C12H20O. The second kappa shape index (κ2) is 5.74. The summed E-state index contributed by atoms with van der Waals surface area (Å²) >= 11 is 0. The van der Waals surface area contributed by atoms with Crippen LogP contribution in [0.1, 0.15) is 47.5 Å². The second-order valence-corrected chi connectivity index (χ2v) is 3.86. The molecule has 0 aliphatic carbocycles. The molecule has 0 rings (SSSR count). The normalized spacial score (nSPS) is 12.1. The molecule has 0 heterocycles. The quantitative estimate of drug-likeness (QED) is 0.366. The lowest BCUT2D eigenvalue weighted by molar-refractivity contribution is -0.104. The van der Waals surface area contributed by atoms with E-state index in [4.69, 9.17) is 0 Å². The zero-order valence-electron chi connectivity index (χ0n) is 9.40. The van der Waals surface area contributed by atoms with Crippen molar-refractivity contribution in [2.45, 2.75) is 47.5 Å². The molecule has 0 N–H and O–H groups in total. The molecule has 0 bridgehead atoms. The summed E-state index contributed by atoms with van der Waals surface area (Å²) < 4.78 is 0. The summed E-state index contributed by atoms with van der Waals surface area (Å²) in [5.41, 5.74) is 4.90. The topological polar surface area (TPSA) is 17.1 Å². The van der Waals surface area contributed by atoms with Crippen LogP contribution in [0.3, 0.4) is 0 Å². The summed E-state index contributed by atoms with van der Waals surface area (Å²) in [4.78, 5) is 10.5. The highest BCUT2D eigenvalue weighted by molar-refractivity contribution is 5.73. The van der Waals surface area contributed by atoms with Gasteiger partial charge < -0.3 is 0 Å². The molecule has 0 aromatic rings. The van der Waals surface area contributed by atoms with Gasteiger partial charge in [0.15, 0.2) is 0 Å². The first-order chi connectivity index (χ1) is 5.99. The van der Waals surface area contributed by atoms with Crippen LogP contribution >= 0.6 is 0 Å². The van der Waals surface area contributed by atoms with Crippen LogP contribution in [0.5, 0.6) is 0 Å². The SMILES string of the molecule is CC(C)=C(C)CC/C(C)=C(/C)C=O. The summed E-state index contributed by atoms with van der Waals surface area (Å²) in [6.45, 7) is 10.3. The van der Waals surface area contributed by atoms with Gasteiger partial charge in [0.1, 0.15) is 6.29 Å². The van der Waals surface area contributed by atoms with E-state index in [9.17, 15) is 4.79 Å². The average molecular weight is 180 g/mol. The van der Waals surface area contributed by atoms with Crippen LogP contribution in [0, 0.1) is 0 Å². The fraction of sp³-hybridized carbons (Fsp3) is 0.583. The number of rotatable bonds is 4. The first kappa shape index (κ1) is 12.2. The number of aldehydes is 1. The fourth-order valence-corrected chi connectivity index (χ4v) is 0.923. The van der Waals surface area contributed by atoms with Gasteiger partial charge in [-0.2, -0.15) is 0 Å². The van der Waals surface area contributed by atoms with E-state index >= 15 is 0 Å². The monoisotopic (exact) mass is 180 g/mol. The van der Waals surface area contributed by atoms with Gasteiger partial charge in [-0.05, 0) is 53.0 Å². The van der Waals surface area contributed by atoms with Gasteiger partial charge in [0.2, 0.25) is 0 Å². The molecule has 0 aliphatic rings. The highest BCUT2D eigenvalue weighted by Gasteiger charge is 1.97. The Morgan fingerprint density at radius 1 is 0.923 bits per heavy atom. The Bertz CT molecular complexity index is 240. The molecule has 0 atom stereocenters. The van der Waals surface area contributed by atoms with Crippen LogP contribution < -0.4 is 0 Å². The molecule has 0 radical (unpaired) electrons. The third-order valence-corrected chi connectivity index (χ3v) is 2.58. The van der Waals surface area contributed by atoms with Crippen molar-refractivity contribution < 1.29 is 4.79 Å². The maximum Gasteiger partial charge on any atom is 0.145 e. The molecule has 1 nitrogen and oxygen atoms in total. The van der Waals surface area contributed by atoms with Crippen molar-refractivity contribution in [2.75, 3.05) is 0 Å². The van der Waals surface area contributed by atoms with Gasteiger partial charge in [-0.3, -0.25) is 4.79 Å². The Hall–Kier alpha value is -0.850. The molecule has 0 amide bonds.